The van der Waals surface area contributed by atoms with Crippen LogP contribution in [0, 0.1) is 5.92 Å². The quantitative estimate of drug-likeness (QED) is 0.845. The fraction of sp³-hybridized carbons (Fsp3) is 0.538. The van der Waals surface area contributed by atoms with Crippen LogP contribution in [0.5, 0.6) is 5.75 Å². The van der Waals surface area contributed by atoms with Gasteiger partial charge in [0.2, 0.25) is 0 Å². The Hall–Kier alpha value is -1.62. The molecular formula is C13H18N2O3. The fourth-order valence-corrected chi connectivity index (χ4v) is 2.08. The molecule has 1 amide bonds. The van der Waals surface area contributed by atoms with Gasteiger partial charge in [-0.15, -0.1) is 0 Å². The van der Waals surface area contributed by atoms with Gasteiger partial charge in [-0.3, -0.25) is 9.78 Å². The zero-order chi connectivity index (χ0) is 12.8. The van der Waals surface area contributed by atoms with Gasteiger partial charge in [-0.25, -0.2) is 0 Å². The van der Waals surface area contributed by atoms with Crippen LogP contribution in [0.15, 0.2) is 18.5 Å². The number of carbonyl (C=O) groups is 1. The molecule has 1 aromatic heterocycles. The average Bonchev–Trinajstić information content (AvgIpc) is 2.40. The van der Waals surface area contributed by atoms with Gasteiger partial charge in [-0.2, -0.15) is 0 Å². The third-order valence-corrected chi connectivity index (χ3v) is 3.08. The number of hydrogen-bond donors (Lipinski definition) is 2. The van der Waals surface area contributed by atoms with Crippen molar-refractivity contribution in [3.8, 4) is 5.75 Å². The number of aromatic hydroxyl groups is 1. The maximum atomic E-state index is 11.7. The molecule has 1 fully saturated rings. The summed E-state index contributed by atoms with van der Waals surface area (Å²) in [6.07, 6.45) is 5.95. The third kappa shape index (κ3) is 3.70. The highest BCUT2D eigenvalue weighted by Crippen LogP contribution is 2.16. The van der Waals surface area contributed by atoms with Crippen molar-refractivity contribution in [1.82, 2.24) is 10.3 Å². The molecule has 0 aromatic carbocycles. The van der Waals surface area contributed by atoms with Gasteiger partial charge in [0.05, 0.1) is 11.8 Å². The zero-order valence-electron chi connectivity index (χ0n) is 10.3. The van der Waals surface area contributed by atoms with Crippen molar-refractivity contribution >= 4 is 5.91 Å². The number of amides is 1. The highest BCUT2D eigenvalue weighted by atomic mass is 16.5. The second-order valence-electron chi connectivity index (χ2n) is 4.56. The van der Waals surface area contributed by atoms with E-state index < -0.39 is 0 Å². The predicted octanol–water partition coefficient (Wildman–Crippen LogP) is 1.33. The van der Waals surface area contributed by atoms with E-state index >= 15 is 0 Å². The van der Waals surface area contributed by atoms with Crippen molar-refractivity contribution in [2.45, 2.75) is 19.3 Å². The lowest BCUT2D eigenvalue weighted by molar-refractivity contribution is 0.0514. The lowest BCUT2D eigenvalue weighted by Gasteiger charge is -2.21. The number of carbonyl (C=O) groups excluding carboxylic acids is 1. The van der Waals surface area contributed by atoms with E-state index in [1.165, 1.54) is 24.9 Å². The number of pyridine rings is 1. The van der Waals surface area contributed by atoms with Gasteiger partial charge >= 0.3 is 0 Å². The molecule has 1 saturated heterocycles. The fourth-order valence-electron chi connectivity index (χ4n) is 2.08. The van der Waals surface area contributed by atoms with Crippen LogP contribution >= 0.6 is 0 Å². The Labute approximate surface area is 106 Å². The Kier molecular flexibility index (Phi) is 4.52. The number of aromatic nitrogens is 1. The summed E-state index contributed by atoms with van der Waals surface area (Å²) in [6, 6.07) is 1.41. The highest BCUT2D eigenvalue weighted by Gasteiger charge is 2.14. The highest BCUT2D eigenvalue weighted by molar-refractivity contribution is 5.94. The Bertz CT molecular complexity index is 403. The Morgan fingerprint density at radius 2 is 2.44 bits per heavy atom. The van der Waals surface area contributed by atoms with Crippen molar-refractivity contribution in [2.75, 3.05) is 19.8 Å². The molecular weight excluding hydrogens is 232 g/mol. The molecule has 1 aliphatic heterocycles. The van der Waals surface area contributed by atoms with Crippen LogP contribution in [0.3, 0.4) is 0 Å². The zero-order valence-corrected chi connectivity index (χ0v) is 10.3. The molecule has 18 heavy (non-hydrogen) atoms. The molecule has 5 nitrogen and oxygen atoms in total. The molecule has 0 saturated carbocycles. The van der Waals surface area contributed by atoms with E-state index in [0.29, 0.717) is 18.0 Å². The summed E-state index contributed by atoms with van der Waals surface area (Å²) in [4.78, 5) is 15.5. The first-order valence-corrected chi connectivity index (χ1v) is 6.25. The van der Waals surface area contributed by atoms with E-state index in [1.807, 2.05) is 0 Å². The van der Waals surface area contributed by atoms with Gasteiger partial charge in [0.15, 0.2) is 0 Å². The third-order valence-electron chi connectivity index (χ3n) is 3.08. The molecule has 2 heterocycles. The Morgan fingerprint density at radius 3 is 3.17 bits per heavy atom. The first kappa shape index (κ1) is 12.8. The molecule has 0 radical (unpaired) electrons. The number of nitrogens with zero attached hydrogens (tertiary/aromatic N) is 1. The molecule has 0 aliphatic carbocycles. The molecule has 2 N–H and O–H groups in total. The molecule has 1 atom stereocenters. The number of hydrogen-bond acceptors (Lipinski definition) is 4. The van der Waals surface area contributed by atoms with Gasteiger partial charge < -0.3 is 15.2 Å². The Balaban J connectivity index is 1.74. The predicted molar refractivity (Wildman–Crippen MR) is 66.4 cm³/mol. The Morgan fingerprint density at radius 1 is 1.56 bits per heavy atom. The summed E-state index contributed by atoms with van der Waals surface area (Å²) in [7, 11) is 0. The first-order valence-electron chi connectivity index (χ1n) is 6.25. The van der Waals surface area contributed by atoms with Gasteiger partial charge in [0.25, 0.3) is 5.91 Å². The monoisotopic (exact) mass is 250 g/mol. The smallest absolute Gasteiger partial charge is 0.252 e. The van der Waals surface area contributed by atoms with Crippen LogP contribution in [0.4, 0.5) is 0 Å². The number of ether oxygens (including phenoxy) is 1. The molecule has 5 heteroatoms. The molecule has 2 rings (SSSR count). The van der Waals surface area contributed by atoms with Crippen LogP contribution in [0.1, 0.15) is 29.6 Å². The number of rotatable bonds is 4. The largest absolute Gasteiger partial charge is 0.506 e. The second-order valence-corrected chi connectivity index (χ2v) is 4.56. The van der Waals surface area contributed by atoms with Crippen LogP contribution in [0.2, 0.25) is 0 Å². The summed E-state index contributed by atoms with van der Waals surface area (Å²) < 4.78 is 5.38. The summed E-state index contributed by atoms with van der Waals surface area (Å²) in [5.41, 5.74) is 0.384. The molecule has 0 unspecified atom stereocenters. The molecule has 1 aromatic rings. The van der Waals surface area contributed by atoms with E-state index in [4.69, 9.17) is 4.74 Å². The lowest BCUT2D eigenvalue weighted by atomic mass is 9.99. The molecule has 1 aliphatic rings. The van der Waals surface area contributed by atoms with Crippen LogP contribution < -0.4 is 5.32 Å². The molecule has 0 bridgehead atoms. The minimum atomic E-state index is -0.199. The van der Waals surface area contributed by atoms with Gasteiger partial charge in [0.1, 0.15) is 5.75 Å². The summed E-state index contributed by atoms with van der Waals surface area (Å²) >= 11 is 0. The van der Waals surface area contributed by atoms with Crippen molar-refractivity contribution in [3.63, 3.8) is 0 Å². The van der Waals surface area contributed by atoms with Crippen LogP contribution in [-0.4, -0.2) is 35.8 Å². The van der Waals surface area contributed by atoms with Crippen molar-refractivity contribution in [1.29, 1.82) is 0 Å². The minimum Gasteiger partial charge on any atom is -0.506 e. The van der Waals surface area contributed by atoms with E-state index in [0.717, 1.165) is 26.1 Å². The maximum absolute atomic E-state index is 11.7. The number of nitrogens with one attached hydrogen (secondary N) is 1. The topological polar surface area (TPSA) is 71.5 Å². The minimum absolute atomic E-state index is 0.00308. The van der Waals surface area contributed by atoms with Crippen molar-refractivity contribution < 1.29 is 14.6 Å². The standard InChI is InChI=1S/C13H18N2O3/c16-12-6-11(7-14-8-12)13(17)15-4-3-10-2-1-5-18-9-10/h6-8,10,16H,1-5,9H2,(H,15,17)/t10-/m1/s1. The maximum Gasteiger partial charge on any atom is 0.252 e. The average molecular weight is 250 g/mol. The summed E-state index contributed by atoms with van der Waals surface area (Å²) in [6.45, 7) is 2.28. The van der Waals surface area contributed by atoms with E-state index in [9.17, 15) is 9.90 Å². The normalized spacial score (nSPS) is 19.4. The SMILES string of the molecule is O=C(NCC[C@H]1CCCOC1)c1cncc(O)c1. The van der Waals surface area contributed by atoms with Crippen molar-refractivity contribution in [3.05, 3.63) is 24.0 Å². The first-order chi connectivity index (χ1) is 8.75. The van der Waals surface area contributed by atoms with Gasteiger partial charge in [-0.1, -0.05) is 0 Å². The summed E-state index contributed by atoms with van der Waals surface area (Å²) in [5.74, 6) is 0.347. The lowest BCUT2D eigenvalue weighted by Crippen LogP contribution is -2.28. The van der Waals surface area contributed by atoms with E-state index in [1.54, 1.807) is 0 Å². The molecule has 98 valence electrons. The van der Waals surface area contributed by atoms with Gasteiger partial charge in [0, 0.05) is 26.0 Å². The van der Waals surface area contributed by atoms with Crippen molar-refractivity contribution in [2.24, 2.45) is 5.92 Å². The second kappa shape index (κ2) is 6.35. The van der Waals surface area contributed by atoms with E-state index in [-0.39, 0.29) is 11.7 Å². The van der Waals surface area contributed by atoms with Crippen LogP contribution in [-0.2, 0) is 4.74 Å². The van der Waals surface area contributed by atoms with Gasteiger partial charge in [-0.05, 0) is 31.2 Å². The van der Waals surface area contributed by atoms with Crippen LogP contribution in [0.25, 0.3) is 0 Å². The van der Waals surface area contributed by atoms with E-state index in [2.05, 4.69) is 10.3 Å². The molecule has 0 spiro atoms. The summed E-state index contributed by atoms with van der Waals surface area (Å²) in [5, 5.41) is 12.1.